The lowest BCUT2D eigenvalue weighted by Gasteiger charge is -2.35. The van der Waals surface area contributed by atoms with Gasteiger partial charge >= 0.3 is 0 Å². The molecule has 0 amide bonds. The number of rotatable bonds is 2. The fraction of sp³-hybridized carbons (Fsp3) is 0.667. The summed E-state index contributed by atoms with van der Waals surface area (Å²) in [5.74, 6) is 0. The molecule has 2 aliphatic carbocycles. The van der Waals surface area contributed by atoms with Gasteiger partial charge in [0.05, 0.1) is 6.10 Å². The van der Waals surface area contributed by atoms with Crippen LogP contribution in [0.4, 0.5) is 0 Å². The Balaban J connectivity index is 2.10. The number of aliphatic hydroxyl groups excluding tert-OH is 1. The zero-order valence-corrected chi connectivity index (χ0v) is 12.9. The maximum atomic E-state index is 9.94. The molecule has 0 saturated heterocycles. The third-order valence-corrected chi connectivity index (χ3v) is 4.61. The van der Waals surface area contributed by atoms with Gasteiger partial charge in [0.25, 0.3) is 0 Å². The zero-order chi connectivity index (χ0) is 14.1. The lowest BCUT2D eigenvalue weighted by molar-refractivity contribution is 0.152. The van der Waals surface area contributed by atoms with E-state index in [1.807, 2.05) is 6.08 Å². The van der Waals surface area contributed by atoms with E-state index in [0.717, 1.165) is 12.8 Å². The van der Waals surface area contributed by atoms with Gasteiger partial charge < -0.3 is 5.11 Å². The minimum absolute atomic E-state index is 0.121. The predicted octanol–water partition coefficient (Wildman–Crippen LogP) is 4.79. The largest absolute Gasteiger partial charge is 0.389 e. The summed E-state index contributed by atoms with van der Waals surface area (Å²) in [4.78, 5) is 0. The lowest BCUT2D eigenvalue weighted by Crippen LogP contribution is -2.26. The van der Waals surface area contributed by atoms with Crippen LogP contribution in [0.15, 0.2) is 35.5 Å². The molecule has 0 aromatic carbocycles. The van der Waals surface area contributed by atoms with Crippen molar-refractivity contribution >= 4 is 0 Å². The van der Waals surface area contributed by atoms with Crippen LogP contribution < -0.4 is 0 Å². The monoisotopic (exact) mass is 260 g/mol. The highest BCUT2D eigenvalue weighted by Gasteiger charge is 2.30. The predicted molar refractivity (Wildman–Crippen MR) is 82.0 cm³/mol. The Kier molecular flexibility index (Phi) is 4.06. The van der Waals surface area contributed by atoms with Crippen LogP contribution in [0.5, 0.6) is 0 Å². The zero-order valence-electron chi connectivity index (χ0n) is 12.9. The Labute approximate surface area is 118 Å². The van der Waals surface area contributed by atoms with Crippen molar-refractivity contribution in [3.05, 3.63) is 35.5 Å². The summed E-state index contributed by atoms with van der Waals surface area (Å²) in [7, 11) is 0. The van der Waals surface area contributed by atoms with E-state index in [-0.39, 0.29) is 11.5 Å². The molecule has 0 aromatic rings. The first-order valence-corrected chi connectivity index (χ1v) is 7.52. The first-order chi connectivity index (χ1) is 8.80. The molecule has 0 heterocycles. The summed E-state index contributed by atoms with van der Waals surface area (Å²) in [6.07, 6.45) is 14.5. The highest BCUT2D eigenvalue weighted by atomic mass is 16.3. The molecule has 0 saturated carbocycles. The van der Waals surface area contributed by atoms with Gasteiger partial charge in [-0.05, 0) is 56.8 Å². The Morgan fingerprint density at radius 2 is 1.74 bits per heavy atom. The average molecular weight is 260 g/mol. The van der Waals surface area contributed by atoms with E-state index < -0.39 is 0 Å². The summed E-state index contributed by atoms with van der Waals surface area (Å²) < 4.78 is 0. The van der Waals surface area contributed by atoms with E-state index in [0.29, 0.717) is 5.41 Å². The standard InChI is InChI=1S/C18H28O/c1-14-6-5-7-17(3,11-14)8-9-18(4)12-15(2)10-16(19)13-18/h6,8-10,16,19H,5,7,11-13H2,1-4H3. The molecule has 3 atom stereocenters. The second-order valence-corrected chi connectivity index (χ2v) is 7.37. The number of hydrogen-bond donors (Lipinski definition) is 1. The molecule has 0 spiro atoms. The first kappa shape index (κ1) is 14.6. The third-order valence-electron chi connectivity index (χ3n) is 4.61. The fourth-order valence-electron chi connectivity index (χ4n) is 3.75. The van der Waals surface area contributed by atoms with Crippen molar-refractivity contribution in [2.45, 2.75) is 65.9 Å². The van der Waals surface area contributed by atoms with Crippen LogP contribution in [-0.2, 0) is 0 Å². The first-order valence-electron chi connectivity index (χ1n) is 7.52. The molecule has 19 heavy (non-hydrogen) atoms. The summed E-state index contributed by atoms with van der Waals surface area (Å²) in [5, 5.41) is 9.94. The summed E-state index contributed by atoms with van der Waals surface area (Å²) in [6, 6.07) is 0. The molecule has 0 fully saturated rings. The van der Waals surface area contributed by atoms with Crippen LogP contribution in [0.25, 0.3) is 0 Å². The van der Waals surface area contributed by atoms with Crippen molar-refractivity contribution in [3.63, 3.8) is 0 Å². The molecule has 1 N–H and O–H groups in total. The van der Waals surface area contributed by atoms with Gasteiger partial charge in [-0.25, -0.2) is 0 Å². The number of aliphatic hydroxyl groups is 1. The molecule has 0 radical (unpaired) electrons. The molecule has 0 aliphatic heterocycles. The number of hydrogen-bond acceptors (Lipinski definition) is 1. The quantitative estimate of drug-likeness (QED) is 0.708. The van der Waals surface area contributed by atoms with Crippen LogP contribution in [0.1, 0.15) is 59.8 Å². The topological polar surface area (TPSA) is 20.2 Å². The Morgan fingerprint density at radius 1 is 1.11 bits per heavy atom. The van der Waals surface area contributed by atoms with E-state index in [1.165, 1.54) is 30.4 Å². The Morgan fingerprint density at radius 3 is 2.37 bits per heavy atom. The summed E-state index contributed by atoms with van der Waals surface area (Å²) in [6.45, 7) is 9.01. The molecule has 3 unspecified atom stereocenters. The van der Waals surface area contributed by atoms with Crippen molar-refractivity contribution in [2.75, 3.05) is 0 Å². The van der Waals surface area contributed by atoms with Crippen molar-refractivity contribution in [1.82, 2.24) is 0 Å². The number of allylic oxidation sites excluding steroid dienone is 5. The van der Waals surface area contributed by atoms with Gasteiger partial charge in [0, 0.05) is 0 Å². The van der Waals surface area contributed by atoms with Crippen LogP contribution in [0.2, 0.25) is 0 Å². The second-order valence-electron chi connectivity index (χ2n) is 7.37. The van der Waals surface area contributed by atoms with E-state index >= 15 is 0 Å². The van der Waals surface area contributed by atoms with Gasteiger partial charge in [-0.15, -0.1) is 0 Å². The van der Waals surface area contributed by atoms with Gasteiger partial charge in [-0.3, -0.25) is 0 Å². The smallest absolute Gasteiger partial charge is 0.0731 e. The van der Waals surface area contributed by atoms with Crippen LogP contribution in [-0.4, -0.2) is 11.2 Å². The normalized spacial score (nSPS) is 40.2. The third kappa shape index (κ3) is 3.82. The van der Waals surface area contributed by atoms with Gasteiger partial charge in [0.15, 0.2) is 0 Å². The van der Waals surface area contributed by atoms with E-state index in [9.17, 15) is 5.11 Å². The molecule has 0 bridgehead atoms. The van der Waals surface area contributed by atoms with E-state index in [4.69, 9.17) is 0 Å². The second kappa shape index (κ2) is 5.28. The molecule has 2 aliphatic rings. The highest BCUT2D eigenvalue weighted by molar-refractivity contribution is 5.19. The van der Waals surface area contributed by atoms with Crippen molar-refractivity contribution in [3.8, 4) is 0 Å². The van der Waals surface area contributed by atoms with Crippen molar-refractivity contribution in [2.24, 2.45) is 10.8 Å². The van der Waals surface area contributed by atoms with Crippen molar-refractivity contribution < 1.29 is 5.11 Å². The maximum absolute atomic E-state index is 9.94. The molecule has 1 heteroatoms. The lowest BCUT2D eigenvalue weighted by atomic mass is 9.70. The summed E-state index contributed by atoms with van der Waals surface area (Å²) >= 11 is 0. The SMILES string of the molecule is CC1=CCCC(C)(C=CC2(C)CC(C)=CC(O)C2)C1. The van der Waals surface area contributed by atoms with Crippen molar-refractivity contribution in [1.29, 1.82) is 0 Å². The van der Waals surface area contributed by atoms with Gasteiger partial charge in [0.1, 0.15) is 0 Å². The molecule has 2 rings (SSSR count). The van der Waals surface area contributed by atoms with E-state index in [2.05, 4.69) is 45.9 Å². The van der Waals surface area contributed by atoms with Gasteiger partial charge in [-0.2, -0.15) is 0 Å². The molecular formula is C18H28O. The highest BCUT2D eigenvalue weighted by Crippen LogP contribution is 2.41. The van der Waals surface area contributed by atoms with Crippen LogP contribution in [0.3, 0.4) is 0 Å². The average Bonchev–Trinajstić information content (AvgIpc) is 2.24. The molecule has 106 valence electrons. The fourth-order valence-corrected chi connectivity index (χ4v) is 3.75. The van der Waals surface area contributed by atoms with Crippen LogP contribution in [0, 0.1) is 10.8 Å². The Hall–Kier alpha value is -0.820. The van der Waals surface area contributed by atoms with Crippen LogP contribution >= 0.6 is 0 Å². The van der Waals surface area contributed by atoms with E-state index in [1.54, 1.807) is 0 Å². The Bertz CT molecular complexity index is 429. The minimum Gasteiger partial charge on any atom is -0.389 e. The summed E-state index contributed by atoms with van der Waals surface area (Å²) in [5.41, 5.74) is 3.26. The van der Waals surface area contributed by atoms with Gasteiger partial charge in [-0.1, -0.05) is 49.3 Å². The minimum atomic E-state index is -0.274. The van der Waals surface area contributed by atoms with Gasteiger partial charge in [0.2, 0.25) is 0 Å². The molecular weight excluding hydrogens is 232 g/mol. The molecule has 1 nitrogen and oxygen atoms in total. The maximum Gasteiger partial charge on any atom is 0.0731 e. The molecule has 0 aromatic heterocycles.